The van der Waals surface area contributed by atoms with Crippen LogP contribution in [0.25, 0.3) is 11.4 Å². The van der Waals surface area contributed by atoms with Gasteiger partial charge < -0.3 is 9.26 Å². The molecule has 0 saturated carbocycles. The molecule has 1 aromatic heterocycles. The van der Waals surface area contributed by atoms with Crippen LogP contribution in [0.5, 0.6) is 5.75 Å². The Balaban J connectivity index is 1.43. The highest BCUT2D eigenvalue weighted by Crippen LogP contribution is 2.25. The Morgan fingerprint density at radius 3 is 2.45 bits per heavy atom. The van der Waals surface area contributed by atoms with Crippen molar-refractivity contribution in [3.63, 3.8) is 0 Å². The molecule has 1 saturated heterocycles. The molecule has 7 nitrogen and oxygen atoms in total. The van der Waals surface area contributed by atoms with E-state index < -0.39 is 10.0 Å². The minimum absolute atomic E-state index is 0.164. The van der Waals surface area contributed by atoms with Gasteiger partial charge in [-0.2, -0.15) is 9.29 Å². The number of benzene rings is 2. The molecule has 0 aliphatic carbocycles. The Labute approximate surface area is 170 Å². The minimum atomic E-state index is -3.47. The molecule has 2 aromatic carbocycles. The van der Waals surface area contributed by atoms with Crippen LogP contribution >= 0.6 is 0 Å². The Bertz CT molecular complexity index is 1040. The van der Waals surface area contributed by atoms with Gasteiger partial charge in [0.2, 0.25) is 15.8 Å². The molecule has 1 aliphatic rings. The highest BCUT2D eigenvalue weighted by molar-refractivity contribution is 7.89. The summed E-state index contributed by atoms with van der Waals surface area (Å²) in [5.41, 5.74) is 0.686. The number of nitrogens with zero attached hydrogens (tertiary/aromatic N) is 3. The molecule has 0 amide bonds. The lowest BCUT2D eigenvalue weighted by atomic mass is 10.0. The Morgan fingerprint density at radius 2 is 1.76 bits per heavy atom. The third-order valence-electron chi connectivity index (χ3n) is 5.07. The SMILES string of the molecule is CC1CCN(S(=O)(=O)c2ccc(-c3noc(COc4ccccc4)n3)cc2)CC1. The van der Waals surface area contributed by atoms with Crippen molar-refractivity contribution in [2.24, 2.45) is 5.92 Å². The van der Waals surface area contributed by atoms with Gasteiger partial charge in [-0.3, -0.25) is 0 Å². The fraction of sp³-hybridized carbons (Fsp3) is 0.333. The predicted molar refractivity (Wildman–Crippen MR) is 108 cm³/mol. The monoisotopic (exact) mass is 413 g/mol. The van der Waals surface area contributed by atoms with E-state index in [-0.39, 0.29) is 11.5 Å². The van der Waals surface area contributed by atoms with Gasteiger partial charge in [0.1, 0.15) is 5.75 Å². The van der Waals surface area contributed by atoms with E-state index in [1.54, 1.807) is 28.6 Å². The molecule has 152 valence electrons. The largest absolute Gasteiger partial charge is 0.484 e. The molecular weight excluding hydrogens is 390 g/mol. The number of hydrogen-bond acceptors (Lipinski definition) is 6. The minimum Gasteiger partial charge on any atom is -0.484 e. The van der Waals surface area contributed by atoms with Crippen LogP contribution in [0.3, 0.4) is 0 Å². The van der Waals surface area contributed by atoms with Crippen molar-refractivity contribution in [1.82, 2.24) is 14.4 Å². The first-order chi connectivity index (χ1) is 14.0. The van der Waals surface area contributed by atoms with Crippen LogP contribution in [-0.2, 0) is 16.6 Å². The molecule has 0 radical (unpaired) electrons. The van der Waals surface area contributed by atoms with Crippen LogP contribution in [-0.4, -0.2) is 36.0 Å². The van der Waals surface area contributed by atoms with Crippen molar-refractivity contribution < 1.29 is 17.7 Å². The third kappa shape index (κ3) is 4.49. The summed E-state index contributed by atoms with van der Waals surface area (Å²) in [5.74, 6) is 2.03. The lowest BCUT2D eigenvalue weighted by molar-refractivity contribution is 0.243. The number of para-hydroxylation sites is 1. The highest BCUT2D eigenvalue weighted by atomic mass is 32.2. The number of piperidine rings is 1. The molecule has 8 heteroatoms. The lowest BCUT2D eigenvalue weighted by Crippen LogP contribution is -2.37. The third-order valence-corrected chi connectivity index (χ3v) is 6.98. The second-order valence-corrected chi connectivity index (χ2v) is 9.16. The average Bonchev–Trinajstić information content (AvgIpc) is 3.22. The van der Waals surface area contributed by atoms with Crippen LogP contribution < -0.4 is 4.74 Å². The second-order valence-electron chi connectivity index (χ2n) is 7.22. The van der Waals surface area contributed by atoms with Gasteiger partial charge in [0, 0.05) is 18.7 Å². The van der Waals surface area contributed by atoms with E-state index >= 15 is 0 Å². The molecule has 0 atom stereocenters. The van der Waals surface area contributed by atoms with Gasteiger partial charge in [-0.15, -0.1) is 0 Å². The van der Waals surface area contributed by atoms with E-state index in [0.29, 0.717) is 42.0 Å². The van der Waals surface area contributed by atoms with Crippen molar-refractivity contribution in [3.8, 4) is 17.1 Å². The van der Waals surface area contributed by atoms with E-state index in [1.807, 2.05) is 30.3 Å². The van der Waals surface area contributed by atoms with Crippen molar-refractivity contribution >= 4 is 10.0 Å². The van der Waals surface area contributed by atoms with Crippen LogP contribution in [0.15, 0.2) is 64.0 Å². The molecule has 4 rings (SSSR count). The fourth-order valence-corrected chi connectivity index (χ4v) is 4.71. The maximum Gasteiger partial charge on any atom is 0.264 e. The molecule has 0 N–H and O–H groups in total. The van der Waals surface area contributed by atoms with Crippen LogP contribution in [0.2, 0.25) is 0 Å². The first-order valence-corrected chi connectivity index (χ1v) is 11.1. The number of aromatic nitrogens is 2. The zero-order chi connectivity index (χ0) is 20.3. The average molecular weight is 413 g/mol. The summed E-state index contributed by atoms with van der Waals surface area (Å²) >= 11 is 0. The number of sulfonamides is 1. The number of hydrogen-bond donors (Lipinski definition) is 0. The van der Waals surface area contributed by atoms with Crippen LogP contribution in [0, 0.1) is 5.92 Å². The highest BCUT2D eigenvalue weighted by Gasteiger charge is 2.28. The van der Waals surface area contributed by atoms with Gasteiger partial charge in [0.05, 0.1) is 4.90 Å². The predicted octanol–water partition coefficient (Wildman–Crippen LogP) is 3.74. The van der Waals surface area contributed by atoms with Crippen LogP contribution in [0.4, 0.5) is 0 Å². The quantitative estimate of drug-likeness (QED) is 0.612. The van der Waals surface area contributed by atoms with Crippen molar-refractivity contribution in [1.29, 1.82) is 0 Å². The van der Waals surface area contributed by atoms with Gasteiger partial charge in [-0.05, 0) is 55.2 Å². The van der Waals surface area contributed by atoms with E-state index in [9.17, 15) is 8.42 Å². The Morgan fingerprint density at radius 1 is 1.07 bits per heavy atom. The van der Waals surface area contributed by atoms with Gasteiger partial charge in [0.15, 0.2) is 6.61 Å². The molecular formula is C21H23N3O4S. The van der Waals surface area contributed by atoms with E-state index in [2.05, 4.69) is 17.1 Å². The summed E-state index contributed by atoms with van der Waals surface area (Å²) in [7, 11) is -3.47. The molecule has 1 aliphatic heterocycles. The van der Waals surface area contributed by atoms with Crippen molar-refractivity contribution in [2.45, 2.75) is 31.3 Å². The first-order valence-electron chi connectivity index (χ1n) is 9.63. The van der Waals surface area contributed by atoms with E-state index in [4.69, 9.17) is 9.26 Å². The van der Waals surface area contributed by atoms with E-state index in [1.165, 1.54) is 0 Å². The summed E-state index contributed by atoms with van der Waals surface area (Å²) in [6.07, 6.45) is 1.79. The summed E-state index contributed by atoms with van der Waals surface area (Å²) in [6.45, 7) is 3.46. The normalized spacial score (nSPS) is 16.0. The molecule has 1 fully saturated rings. The van der Waals surface area contributed by atoms with Crippen LogP contribution in [0.1, 0.15) is 25.7 Å². The van der Waals surface area contributed by atoms with Gasteiger partial charge >= 0.3 is 0 Å². The molecule has 3 aromatic rings. The van der Waals surface area contributed by atoms with Gasteiger partial charge in [-0.25, -0.2) is 8.42 Å². The molecule has 2 heterocycles. The van der Waals surface area contributed by atoms with Crippen molar-refractivity contribution in [2.75, 3.05) is 13.1 Å². The second kappa shape index (κ2) is 8.34. The zero-order valence-electron chi connectivity index (χ0n) is 16.2. The summed E-state index contributed by atoms with van der Waals surface area (Å²) < 4.78 is 38.0. The fourth-order valence-electron chi connectivity index (χ4n) is 3.24. The lowest BCUT2D eigenvalue weighted by Gasteiger charge is -2.29. The first kappa shape index (κ1) is 19.6. The topological polar surface area (TPSA) is 85.5 Å². The maximum atomic E-state index is 12.8. The smallest absolute Gasteiger partial charge is 0.264 e. The summed E-state index contributed by atoms with van der Waals surface area (Å²) in [4.78, 5) is 4.61. The maximum absolute atomic E-state index is 12.8. The summed E-state index contributed by atoms with van der Waals surface area (Å²) in [5, 5.41) is 3.96. The Kier molecular flexibility index (Phi) is 5.64. The van der Waals surface area contributed by atoms with Gasteiger partial charge in [0.25, 0.3) is 5.89 Å². The molecule has 29 heavy (non-hydrogen) atoms. The van der Waals surface area contributed by atoms with Crippen molar-refractivity contribution in [3.05, 3.63) is 60.5 Å². The number of rotatable bonds is 6. The molecule has 0 unspecified atom stereocenters. The molecule has 0 spiro atoms. The number of ether oxygens (including phenoxy) is 1. The van der Waals surface area contributed by atoms with Gasteiger partial charge in [-0.1, -0.05) is 30.3 Å². The Hall–Kier alpha value is -2.71. The molecule has 0 bridgehead atoms. The summed E-state index contributed by atoms with van der Waals surface area (Å²) in [6, 6.07) is 16.0. The standard InChI is InChI=1S/C21H23N3O4S/c1-16-11-13-24(14-12-16)29(25,26)19-9-7-17(8-10-19)21-22-20(28-23-21)15-27-18-5-3-2-4-6-18/h2-10,16H,11-15H2,1H3. The van der Waals surface area contributed by atoms with E-state index in [0.717, 1.165) is 12.8 Å². The zero-order valence-corrected chi connectivity index (χ0v) is 17.0.